The number of aliphatic carboxylic acids is 1. The van der Waals surface area contributed by atoms with Crippen molar-refractivity contribution in [3.63, 3.8) is 0 Å². The molecule has 1 aromatic heterocycles. The summed E-state index contributed by atoms with van der Waals surface area (Å²) >= 11 is 3.37. The van der Waals surface area contributed by atoms with Gasteiger partial charge in [0.2, 0.25) is 0 Å². The van der Waals surface area contributed by atoms with Crippen LogP contribution in [0.3, 0.4) is 0 Å². The summed E-state index contributed by atoms with van der Waals surface area (Å²) in [6.07, 6.45) is 1.99. The molecule has 2 N–H and O–H groups in total. The van der Waals surface area contributed by atoms with E-state index in [1.807, 2.05) is 24.3 Å². The van der Waals surface area contributed by atoms with Crippen LogP contribution >= 0.6 is 15.9 Å². The summed E-state index contributed by atoms with van der Waals surface area (Å²) in [5.41, 5.74) is 1.80. The number of halogens is 2. The number of hydrogen-bond donors (Lipinski definition) is 2. The number of carboxylic acids is 1. The summed E-state index contributed by atoms with van der Waals surface area (Å²) in [7, 11) is 0. The van der Waals surface area contributed by atoms with Gasteiger partial charge in [-0.25, -0.2) is 9.07 Å². The van der Waals surface area contributed by atoms with Crippen LogP contribution in [-0.4, -0.2) is 32.0 Å². The molecule has 0 saturated carbocycles. The topological polar surface area (TPSA) is 97.1 Å². The fourth-order valence-corrected chi connectivity index (χ4v) is 3.06. The number of amides is 1. The van der Waals surface area contributed by atoms with Gasteiger partial charge in [-0.05, 0) is 48.4 Å². The molecule has 0 saturated heterocycles. The zero-order valence-corrected chi connectivity index (χ0v) is 16.8. The highest BCUT2D eigenvalue weighted by Crippen LogP contribution is 2.19. The summed E-state index contributed by atoms with van der Waals surface area (Å²) in [5, 5.41) is 20.0. The van der Waals surface area contributed by atoms with Crippen LogP contribution in [-0.2, 0) is 17.8 Å². The Hall–Kier alpha value is -3.07. The second-order valence-corrected chi connectivity index (χ2v) is 7.38. The van der Waals surface area contributed by atoms with E-state index in [-0.39, 0.29) is 18.9 Å². The van der Waals surface area contributed by atoms with Gasteiger partial charge in [0, 0.05) is 10.0 Å². The number of nitrogens with zero attached hydrogens (tertiary/aromatic N) is 3. The van der Waals surface area contributed by atoms with E-state index in [4.69, 9.17) is 0 Å². The lowest BCUT2D eigenvalue weighted by molar-refractivity contribution is -0.138. The molecule has 0 fully saturated rings. The third kappa shape index (κ3) is 5.95. The van der Waals surface area contributed by atoms with Gasteiger partial charge in [0.15, 0.2) is 0 Å². The monoisotopic (exact) mass is 460 g/mol. The van der Waals surface area contributed by atoms with Crippen LogP contribution in [0, 0.1) is 5.82 Å². The number of aromatic nitrogens is 3. The first kappa shape index (κ1) is 20.7. The van der Waals surface area contributed by atoms with Crippen molar-refractivity contribution < 1.29 is 19.1 Å². The first-order chi connectivity index (χ1) is 13.9. The van der Waals surface area contributed by atoms with E-state index in [9.17, 15) is 19.1 Å². The zero-order chi connectivity index (χ0) is 20.8. The summed E-state index contributed by atoms with van der Waals surface area (Å²) in [6.45, 7) is 0.119. The lowest BCUT2D eigenvalue weighted by Crippen LogP contribution is -2.23. The second kappa shape index (κ2) is 9.42. The maximum absolute atomic E-state index is 12.9. The van der Waals surface area contributed by atoms with E-state index in [1.165, 1.54) is 28.9 Å². The van der Waals surface area contributed by atoms with Crippen LogP contribution in [0.4, 0.5) is 4.39 Å². The van der Waals surface area contributed by atoms with Crippen LogP contribution in [0.1, 0.15) is 34.1 Å². The normalized spacial score (nSPS) is 11.8. The highest BCUT2D eigenvalue weighted by molar-refractivity contribution is 9.10. The van der Waals surface area contributed by atoms with Crippen LogP contribution in [0.2, 0.25) is 0 Å². The predicted octanol–water partition coefficient (Wildman–Crippen LogP) is 3.37. The molecular formula is C20H18BrFN4O3. The van der Waals surface area contributed by atoms with Crippen molar-refractivity contribution in [3.8, 4) is 0 Å². The number of carboxylic acid groups (broad SMARTS) is 1. The molecule has 0 bridgehead atoms. The molecule has 1 atom stereocenters. The minimum atomic E-state index is -0.936. The fourth-order valence-electron chi connectivity index (χ4n) is 2.80. The first-order valence-electron chi connectivity index (χ1n) is 8.81. The molecule has 0 unspecified atom stereocenters. The standard InChI is InChI=1S/C20H18BrFN4O3/c21-15-5-1-13(2-6-15)9-18(10-19(27)28)26-12-17(24-25-26)11-23-20(29)14-3-7-16(22)8-4-14/h1-8,12,18H,9-11H2,(H,23,29)(H,27,28)/t18-/m1/s1. The van der Waals surface area contributed by atoms with E-state index in [0.29, 0.717) is 17.7 Å². The third-order valence-corrected chi connectivity index (χ3v) is 4.79. The number of benzene rings is 2. The third-order valence-electron chi connectivity index (χ3n) is 4.26. The molecule has 3 aromatic rings. The fraction of sp³-hybridized carbons (Fsp3) is 0.200. The van der Waals surface area contributed by atoms with Crippen molar-refractivity contribution in [2.24, 2.45) is 0 Å². The van der Waals surface area contributed by atoms with Gasteiger partial charge in [-0.2, -0.15) is 0 Å². The number of carbonyl (C=O) groups excluding carboxylic acids is 1. The number of hydrogen-bond acceptors (Lipinski definition) is 4. The molecular weight excluding hydrogens is 443 g/mol. The molecule has 0 spiro atoms. The summed E-state index contributed by atoms with van der Waals surface area (Å²) in [5.74, 6) is -1.72. The molecule has 2 aromatic carbocycles. The van der Waals surface area contributed by atoms with Crippen molar-refractivity contribution >= 4 is 27.8 Å². The molecule has 1 amide bonds. The Balaban J connectivity index is 1.66. The van der Waals surface area contributed by atoms with E-state index < -0.39 is 17.8 Å². The summed E-state index contributed by atoms with van der Waals surface area (Å²) in [4.78, 5) is 23.4. The molecule has 0 aliphatic heterocycles. The van der Waals surface area contributed by atoms with Gasteiger partial charge in [-0.15, -0.1) is 5.10 Å². The van der Waals surface area contributed by atoms with Crippen molar-refractivity contribution in [3.05, 3.63) is 81.8 Å². The predicted molar refractivity (Wildman–Crippen MR) is 107 cm³/mol. The molecule has 3 rings (SSSR count). The molecule has 0 aliphatic carbocycles. The lowest BCUT2D eigenvalue weighted by atomic mass is 10.0. The van der Waals surface area contributed by atoms with E-state index >= 15 is 0 Å². The van der Waals surface area contributed by atoms with Crippen molar-refractivity contribution in [1.29, 1.82) is 0 Å². The van der Waals surface area contributed by atoms with Gasteiger partial charge in [0.1, 0.15) is 11.5 Å². The van der Waals surface area contributed by atoms with Crippen molar-refractivity contribution in [2.75, 3.05) is 0 Å². The summed E-state index contributed by atoms with van der Waals surface area (Å²) < 4.78 is 15.4. The van der Waals surface area contributed by atoms with Crippen LogP contribution in [0.25, 0.3) is 0 Å². The summed E-state index contributed by atoms with van der Waals surface area (Å²) in [6, 6.07) is 12.4. The van der Waals surface area contributed by atoms with Gasteiger partial charge in [0.25, 0.3) is 5.91 Å². The zero-order valence-electron chi connectivity index (χ0n) is 15.3. The maximum atomic E-state index is 12.9. The Labute approximate surface area is 174 Å². The molecule has 0 radical (unpaired) electrons. The SMILES string of the molecule is O=C(O)C[C@@H](Cc1ccc(Br)cc1)n1cc(CNC(=O)c2ccc(F)cc2)nn1. The van der Waals surface area contributed by atoms with E-state index in [0.717, 1.165) is 10.0 Å². The van der Waals surface area contributed by atoms with E-state index in [2.05, 4.69) is 31.6 Å². The quantitative estimate of drug-likeness (QED) is 0.536. The Kier molecular flexibility index (Phi) is 6.71. The van der Waals surface area contributed by atoms with Crippen LogP contribution in [0.15, 0.2) is 59.2 Å². The van der Waals surface area contributed by atoms with Crippen molar-refractivity contribution in [1.82, 2.24) is 20.3 Å². The molecule has 1 heterocycles. The van der Waals surface area contributed by atoms with Gasteiger partial charge < -0.3 is 10.4 Å². The minimum Gasteiger partial charge on any atom is -0.481 e. The average Bonchev–Trinajstić information content (AvgIpc) is 3.16. The van der Waals surface area contributed by atoms with Gasteiger partial charge in [-0.1, -0.05) is 33.3 Å². The number of carbonyl (C=O) groups is 2. The number of rotatable bonds is 8. The second-order valence-electron chi connectivity index (χ2n) is 6.46. The molecule has 9 heteroatoms. The smallest absolute Gasteiger partial charge is 0.305 e. The largest absolute Gasteiger partial charge is 0.481 e. The van der Waals surface area contributed by atoms with Crippen molar-refractivity contribution in [2.45, 2.75) is 25.4 Å². The van der Waals surface area contributed by atoms with Crippen LogP contribution < -0.4 is 5.32 Å². The Morgan fingerprint density at radius 1 is 1.14 bits per heavy atom. The number of nitrogens with one attached hydrogen (secondary N) is 1. The lowest BCUT2D eigenvalue weighted by Gasteiger charge is -2.15. The molecule has 7 nitrogen and oxygen atoms in total. The average molecular weight is 461 g/mol. The Bertz CT molecular complexity index is 990. The van der Waals surface area contributed by atoms with E-state index in [1.54, 1.807) is 6.20 Å². The van der Waals surface area contributed by atoms with Gasteiger partial charge in [0.05, 0.1) is 25.2 Å². The Morgan fingerprint density at radius 2 is 1.83 bits per heavy atom. The first-order valence-corrected chi connectivity index (χ1v) is 9.60. The Morgan fingerprint density at radius 3 is 2.48 bits per heavy atom. The molecule has 29 heavy (non-hydrogen) atoms. The van der Waals surface area contributed by atoms with Crippen LogP contribution in [0.5, 0.6) is 0 Å². The van der Waals surface area contributed by atoms with Gasteiger partial charge in [-0.3, -0.25) is 9.59 Å². The molecule has 150 valence electrons. The molecule has 0 aliphatic rings. The minimum absolute atomic E-state index is 0.110. The van der Waals surface area contributed by atoms with Gasteiger partial charge >= 0.3 is 5.97 Å². The highest BCUT2D eigenvalue weighted by atomic mass is 79.9. The highest BCUT2D eigenvalue weighted by Gasteiger charge is 2.18. The maximum Gasteiger partial charge on any atom is 0.305 e.